The van der Waals surface area contributed by atoms with Crippen molar-refractivity contribution in [3.63, 3.8) is 0 Å². The summed E-state index contributed by atoms with van der Waals surface area (Å²) in [5, 5.41) is 10.1. The number of aromatic nitrogens is 1. The number of pyridine rings is 1. The van der Waals surface area contributed by atoms with Gasteiger partial charge < -0.3 is 9.84 Å². The highest BCUT2D eigenvalue weighted by Gasteiger charge is 2.35. The number of hydrogen-bond acceptors (Lipinski definition) is 5. The third-order valence-electron chi connectivity index (χ3n) is 6.02. The Balaban J connectivity index is 1.96. The molecular formula is C28H23F3N2O5S. The third kappa shape index (κ3) is 5.73. The smallest absolute Gasteiger partial charge is 0.417 e. The summed E-state index contributed by atoms with van der Waals surface area (Å²) >= 11 is 0. The number of benzene rings is 3. The van der Waals surface area contributed by atoms with Crippen molar-refractivity contribution in [2.45, 2.75) is 24.5 Å². The van der Waals surface area contributed by atoms with Crippen molar-refractivity contribution in [1.82, 2.24) is 4.98 Å². The van der Waals surface area contributed by atoms with E-state index < -0.39 is 33.3 Å². The molecular weight excluding hydrogens is 533 g/mol. The highest BCUT2D eigenvalue weighted by atomic mass is 32.2. The van der Waals surface area contributed by atoms with Crippen molar-refractivity contribution in [2.75, 3.05) is 11.4 Å². The lowest BCUT2D eigenvalue weighted by Crippen LogP contribution is -2.32. The maximum Gasteiger partial charge on any atom is 0.417 e. The van der Waals surface area contributed by atoms with Gasteiger partial charge in [0.05, 0.1) is 35.4 Å². The van der Waals surface area contributed by atoms with Gasteiger partial charge in [0.25, 0.3) is 10.0 Å². The fourth-order valence-corrected chi connectivity index (χ4v) is 5.76. The number of ether oxygens (including phenoxy) is 1. The standard InChI is InChI=1S/C28H23F3N2O5S/c1-18-14-20(23-7-3-4-8-25(23)28(29,30)31)15-24(27(34)35)26(18)33(17-19-6-5-13-32-16-19)39(36,37)22-11-9-21(38-2)10-12-22/h3-16H,17H2,1-2H3,(H,34,35). The van der Waals surface area contributed by atoms with E-state index in [9.17, 15) is 31.5 Å². The van der Waals surface area contributed by atoms with E-state index in [1.807, 2.05) is 0 Å². The van der Waals surface area contributed by atoms with Crippen LogP contribution in [0.1, 0.15) is 27.0 Å². The van der Waals surface area contributed by atoms with E-state index in [4.69, 9.17) is 4.74 Å². The van der Waals surface area contributed by atoms with Crippen LogP contribution in [0, 0.1) is 6.92 Å². The first kappa shape index (κ1) is 27.6. The van der Waals surface area contributed by atoms with E-state index in [2.05, 4.69) is 4.98 Å². The van der Waals surface area contributed by atoms with Crippen LogP contribution in [0.2, 0.25) is 0 Å². The quantitative estimate of drug-likeness (QED) is 0.279. The van der Waals surface area contributed by atoms with Gasteiger partial charge in [-0.15, -0.1) is 0 Å². The maximum atomic E-state index is 13.9. The number of carboxylic acids is 1. The molecule has 0 radical (unpaired) electrons. The summed E-state index contributed by atoms with van der Waals surface area (Å²) in [7, 11) is -2.93. The number of halogens is 3. The maximum absolute atomic E-state index is 13.9. The van der Waals surface area contributed by atoms with Crippen LogP contribution in [0.15, 0.2) is 90.1 Å². The summed E-state index contributed by atoms with van der Waals surface area (Å²) in [4.78, 5) is 16.4. The number of aromatic carboxylic acids is 1. The Hall–Kier alpha value is -4.38. The molecule has 1 N–H and O–H groups in total. The molecule has 3 aromatic carbocycles. The molecule has 39 heavy (non-hydrogen) atoms. The molecule has 0 amide bonds. The Morgan fingerprint density at radius 3 is 2.31 bits per heavy atom. The number of nitrogens with zero attached hydrogens (tertiary/aromatic N) is 2. The SMILES string of the molecule is COc1ccc(S(=O)(=O)N(Cc2cccnc2)c2c(C)cc(-c3ccccc3C(F)(F)F)cc2C(=O)O)cc1. The van der Waals surface area contributed by atoms with E-state index in [1.54, 1.807) is 12.1 Å². The van der Waals surface area contributed by atoms with Crippen LogP contribution in [0.4, 0.5) is 18.9 Å². The van der Waals surface area contributed by atoms with Crippen molar-refractivity contribution in [3.8, 4) is 16.9 Å². The van der Waals surface area contributed by atoms with E-state index in [1.165, 1.54) is 75.0 Å². The molecule has 0 aliphatic heterocycles. The monoisotopic (exact) mass is 556 g/mol. The van der Waals surface area contributed by atoms with Gasteiger partial charge >= 0.3 is 12.1 Å². The van der Waals surface area contributed by atoms with E-state index >= 15 is 0 Å². The van der Waals surface area contributed by atoms with Crippen molar-refractivity contribution in [1.29, 1.82) is 0 Å². The third-order valence-corrected chi connectivity index (χ3v) is 7.78. The molecule has 7 nitrogen and oxygen atoms in total. The van der Waals surface area contributed by atoms with Crippen LogP contribution in [0.5, 0.6) is 5.75 Å². The number of hydrogen-bond donors (Lipinski definition) is 1. The molecule has 0 unspecified atom stereocenters. The van der Waals surface area contributed by atoms with Crippen LogP contribution >= 0.6 is 0 Å². The Kier molecular flexibility index (Phi) is 7.64. The second-order valence-corrected chi connectivity index (χ2v) is 10.4. The number of sulfonamides is 1. The Morgan fingerprint density at radius 2 is 1.72 bits per heavy atom. The Bertz CT molecular complexity index is 1610. The van der Waals surface area contributed by atoms with Crippen LogP contribution in [0.3, 0.4) is 0 Å². The number of methoxy groups -OCH3 is 1. The fourth-order valence-electron chi connectivity index (χ4n) is 4.23. The second kappa shape index (κ2) is 10.8. The zero-order chi connectivity index (χ0) is 28.4. The minimum atomic E-state index is -4.68. The predicted octanol–water partition coefficient (Wildman–Crippen LogP) is 6.18. The Labute approximate surface area is 223 Å². The van der Waals surface area contributed by atoms with Crippen molar-refractivity contribution in [3.05, 3.63) is 107 Å². The minimum Gasteiger partial charge on any atom is -0.497 e. The number of aryl methyl sites for hydroxylation is 1. The largest absolute Gasteiger partial charge is 0.497 e. The predicted molar refractivity (Wildman–Crippen MR) is 139 cm³/mol. The molecule has 0 saturated heterocycles. The molecule has 0 spiro atoms. The summed E-state index contributed by atoms with van der Waals surface area (Å²) in [5.74, 6) is -1.08. The summed E-state index contributed by atoms with van der Waals surface area (Å²) in [6.07, 6.45) is -1.73. The number of rotatable bonds is 8. The van der Waals surface area contributed by atoms with E-state index in [0.29, 0.717) is 11.3 Å². The van der Waals surface area contributed by atoms with E-state index in [0.717, 1.165) is 16.4 Å². The number of anilines is 1. The molecule has 0 bridgehead atoms. The first-order chi connectivity index (χ1) is 18.4. The molecule has 0 saturated carbocycles. The molecule has 4 aromatic rings. The molecule has 0 atom stereocenters. The molecule has 202 valence electrons. The molecule has 1 aromatic heterocycles. The average molecular weight is 557 g/mol. The minimum absolute atomic E-state index is 0.00949. The van der Waals surface area contributed by atoms with Crippen molar-refractivity contribution < 1.29 is 36.2 Å². The zero-order valence-corrected chi connectivity index (χ0v) is 21.6. The molecule has 11 heteroatoms. The van der Waals surface area contributed by atoms with Crippen molar-refractivity contribution >= 4 is 21.7 Å². The van der Waals surface area contributed by atoms with E-state index in [-0.39, 0.29) is 33.8 Å². The van der Waals surface area contributed by atoms with Gasteiger partial charge in [-0.3, -0.25) is 9.29 Å². The van der Waals surface area contributed by atoms with Gasteiger partial charge in [-0.2, -0.15) is 13.2 Å². The number of carbonyl (C=O) groups is 1. The topological polar surface area (TPSA) is 96.8 Å². The molecule has 0 aliphatic carbocycles. The first-order valence-corrected chi connectivity index (χ1v) is 13.0. The van der Waals surface area contributed by atoms with Crippen molar-refractivity contribution in [2.24, 2.45) is 0 Å². The molecule has 0 aliphatic rings. The lowest BCUT2D eigenvalue weighted by atomic mass is 9.94. The second-order valence-electron chi connectivity index (χ2n) is 8.59. The van der Waals surface area contributed by atoms with Gasteiger partial charge in [-0.25, -0.2) is 13.2 Å². The molecule has 1 heterocycles. The lowest BCUT2D eigenvalue weighted by molar-refractivity contribution is -0.137. The molecule has 0 fully saturated rings. The van der Waals surface area contributed by atoms with Gasteiger partial charge in [-0.1, -0.05) is 24.3 Å². The lowest BCUT2D eigenvalue weighted by Gasteiger charge is -2.28. The van der Waals surface area contributed by atoms with Gasteiger partial charge in [0.2, 0.25) is 0 Å². The number of alkyl halides is 3. The average Bonchev–Trinajstić information content (AvgIpc) is 2.91. The summed E-state index contributed by atoms with van der Waals surface area (Å²) < 4.78 is 75.1. The zero-order valence-electron chi connectivity index (χ0n) is 20.8. The highest BCUT2D eigenvalue weighted by Crippen LogP contribution is 2.40. The summed E-state index contributed by atoms with van der Waals surface area (Å²) in [6.45, 7) is 1.18. The van der Waals surface area contributed by atoms with Crippen LogP contribution in [-0.4, -0.2) is 31.6 Å². The normalized spacial score (nSPS) is 11.7. The summed E-state index contributed by atoms with van der Waals surface area (Å²) in [5.41, 5.74) is -1.19. The van der Waals surface area contributed by atoms with Gasteiger partial charge in [0.15, 0.2) is 0 Å². The summed E-state index contributed by atoms with van der Waals surface area (Å²) in [6, 6.07) is 16.0. The highest BCUT2D eigenvalue weighted by molar-refractivity contribution is 7.92. The van der Waals surface area contributed by atoms with Gasteiger partial charge in [-0.05, 0) is 77.7 Å². The first-order valence-electron chi connectivity index (χ1n) is 11.5. The van der Waals surface area contributed by atoms with Gasteiger partial charge in [0.1, 0.15) is 5.75 Å². The van der Waals surface area contributed by atoms with Gasteiger partial charge in [0, 0.05) is 12.4 Å². The fraction of sp³-hybridized carbons (Fsp3) is 0.143. The van der Waals surface area contributed by atoms with Crippen LogP contribution < -0.4 is 9.04 Å². The van der Waals surface area contributed by atoms with Crippen LogP contribution in [0.25, 0.3) is 11.1 Å². The number of carboxylic acid groups (broad SMARTS) is 1. The van der Waals surface area contributed by atoms with Crippen LogP contribution in [-0.2, 0) is 22.7 Å². The Morgan fingerprint density at radius 1 is 1.03 bits per heavy atom. The molecule has 4 rings (SSSR count).